The average Bonchev–Trinajstić information content (AvgIpc) is 2.59. The second-order valence-electron chi connectivity index (χ2n) is 5.24. The van der Waals surface area contributed by atoms with E-state index >= 15 is 0 Å². The van der Waals surface area contributed by atoms with Crippen LogP contribution in [0.15, 0.2) is 48.8 Å². The van der Waals surface area contributed by atoms with Gasteiger partial charge in [0.25, 0.3) is 5.69 Å². The first-order valence-corrected chi connectivity index (χ1v) is 9.01. The summed E-state index contributed by atoms with van der Waals surface area (Å²) in [6.07, 6.45) is 3.14. The molecular formula is C16H16N4O4S. The summed E-state index contributed by atoms with van der Waals surface area (Å²) in [6, 6.07) is 11.1. The highest BCUT2D eigenvalue weighted by Gasteiger charge is 2.26. The Hall–Kier alpha value is -2.83. The Kier molecular flexibility index (Phi) is 6.16. The summed E-state index contributed by atoms with van der Waals surface area (Å²) in [5.74, 6) is -0.504. The molecule has 0 unspecified atom stereocenters. The Labute approximate surface area is 145 Å². The number of rotatable bonds is 8. The third-order valence-corrected chi connectivity index (χ3v) is 5.25. The minimum atomic E-state index is -3.85. The van der Waals surface area contributed by atoms with E-state index in [-0.39, 0.29) is 30.8 Å². The van der Waals surface area contributed by atoms with Crippen LogP contribution in [0.1, 0.15) is 17.5 Å². The van der Waals surface area contributed by atoms with Gasteiger partial charge < -0.3 is 0 Å². The van der Waals surface area contributed by atoms with Crippen LogP contribution in [0, 0.1) is 21.4 Å². The fourth-order valence-electron chi connectivity index (χ4n) is 2.29. The minimum Gasteiger partial charge on any atom is -0.264 e. The number of nitro benzene ring substituents is 1. The highest BCUT2D eigenvalue weighted by Crippen LogP contribution is 2.22. The molecule has 0 saturated carbocycles. The molecule has 0 radical (unpaired) electrons. The molecule has 0 saturated heterocycles. The third kappa shape index (κ3) is 5.07. The lowest BCUT2D eigenvalue weighted by atomic mass is 10.2. The number of hydrogen-bond acceptors (Lipinski definition) is 6. The van der Waals surface area contributed by atoms with Gasteiger partial charge in [0.2, 0.25) is 10.0 Å². The highest BCUT2D eigenvalue weighted by atomic mass is 32.2. The molecule has 0 N–H and O–H groups in total. The van der Waals surface area contributed by atoms with Crippen molar-refractivity contribution in [2.24, 2.45) is 0 Å². The Morgan fingerprint density at radius 2 is 2.00 bits per heavy atom. The predicted octanol–water partition coefficient (Wildman–Crippen LogP) is 2.24. The minimum absolute atomic E-state index is 0.00829. The Balaban J connectivity index is 2.29. The molecule has 0 fully saturated rings. The van der Waals surface area contributed by atoms with E-state index in [0.717, 1.165) is 4.31 Å². The molecule has 0 aliphatic carbocycles. The largest absolute Gasteiger partial charge is 0.273 e. The lowest BCUT2D eigenvalue weighted by molar-refractivity contribution is -0.385. The smallest absolute Gasteiger partial charge is 0.264 e. The maximum absolute atomic E-state index is 12.8. The average molecular weight is 360 g/mol. The van der Waals surface area contributed by atoms with E-state index in [4.69, 9.17) is 5.26 Å². The molecule has 0 amide bonds. The molecule has 8 nitrogen and oxygen atoms in total. The zero-order valence-corrected chi connectivity index (χ0v) is 14.1. The molecule has 25 heavy (non-hydrogen) atoms. The van der Waals surface area contributed by atoms with E-state index < -0.39 is 20.7 Å². The first-order valence-electron chi connectivity index (χ1n) is 7.40. The predicted molar refractivity (Wildman–Crippen MR) is 90.6 cm³/mol. The van der Waals surface area contributed by atoms with E-state index in [2.05, 4.69) is 4.98 Å². The molecule has 1 heterocycles. The van der Waals surface area contributed by atoms with E-state index in [1.807, 2.05) is 6.07 Å². The van der Waals surface area contributed by atoms with Crippen molar-refractivity contribution in [3.63, 3.8) is 0 Å². The maximum atomic E-state index is 12.8. The molecule has 1 aromatic carbocycles. The van der Waals surface area contributed by atoms with Crippen molar-refractivity contribution in [3.8, 4) is 6.07 Å². The maximum Gasteiger partial charge on any atom is 0.273 e. The van der Waals surface area contributed by atoms with Crippen molar-refractivity contribution in [1.82, 2.24) is 9.29 Å². The first-order chi connectivity index (χ1) is 11.9. The molecule has 9 heteroatoms. The number of nitrogens with zero attached hydrogens (tertiary/aromatic N) is 4. The van der Waals surface area contributed by atoms with Crippen molar-refractivity contribution in [1.29, 1.82) is 5.26 Å². The van der Waals surface area contributed by atoms with Crippen molar-refractivity contribution >= 4 is 15.7 Å². The summed E-state index contributed by atoms with van der Waals surface area (Å²) in [5, 5.41) is 19.9. The van der Waals surface area contributed by atoms with E-state index in [0.29, 0.717) is 5.56 Å². The lowest BCUT2D eigenvalue weighted by Gasteiger charge is -2.21. The van der Waals surface area contributed by atoms with E-state index in [9.17, 15) is 18.5 Å². The summed E-state index contributed by atoms with van der Waals surface area (Å²) < 4.78 is 26.7. The van der Waals surface area contributed by atoms with Gasteiger partial charge in [0, 0.05) is 43.5 Å². The van der Waals surface area contributed by atoms with Crippen LogP contribution in [-0.2, 0) is 22.3 Å². The van der Waals surface area contributed by atoms with Crippen molar-refractivity contribution in [2.75, 3.05) is 6.54 Å². The fraction of sp³-hybridized carbons (Fsp3) is 0.250. The van der Waals surface area contributed by atoms with Gasteiger partial charge in [-0.15, -0.1) is 0 Å². The van der Waals surface area contributed by atoms with E-state index in [1.165, 1.54) is 18.2 Å². The van der Waals surface area contributed by atoms with Crippen LogP contribution in [0.5, 0.6) is 0 Å². The highest BCUT2D eigenvalue weighted by molar-refractivity contribution is 7.88. The van der Waals surface area contributed by atoms with Crippen molar-refractivity contribution in [3.05, 3.63) is 70.0 Å². The van der Waals surface area contributed by atoms with Gasteiger partial charge >= 0.3 is 0 Å². The monoisotopic (exact) mass is 360 g/mol. The molecule has 1 aromatic heterocycles. The van der Waals surface area contributed by atoms with Crippen LogP contribution in [0.25, 0.3) is 0 Å². The topological polar surface area (TPSA) is 117 Å². The summed E-state index contributed by atoms with van der Waals surface area (Å²) in [6.45, 7) is 0.0623. The Morgan fingerprint density at radius 3 is 2.64 bits per heavy atom. The molecule has 0 aliphatic heterocycles. The van der Waals surface area contributed by atoms with Crippen molar-refractivity contribution in [2.45, 2.75) is 18.7 Å². The molecule has 0 atom stereocenters. The van der Waals surface area contributed by atoms with Crippen LogP contribution >= 0.6 is 0 Å². The summed E-state index contributed by atoms with van der Waals surface area (Å²) in [7, 11) is -3.85. The van der Waals surface area contributed by atoms with Gasteiger partial charge in [-0.05, 0) is 11.6 Å². The SMILES string of the molecule is N#CCCN(Cc1cccnc1)S(=O)(=O)Cc1ccccc1[N+](=O)[O-]. The lowest BCUT2D eigenvalue weighted by Crippen LogP contribution is -2.32. The third-order valence-electron chi connectivity index (χ3n) is 3.47. The molecule has 2 rings (SSSR count). The normalized spacial score (nSPS) is 11.2. The van der Waals surface area contributed by atoms with Crippen LogP contribution < -0.4 is 0 Å². The standard InChI is InChI=1S/C16H16N4O4S/c17-8-4-10-19(12-14-5-3-9-18-11-14)25(23,24)13-15-6-1-2-7-16(15)20(21)22/h1-3,5-7,9,11H,4,10,12-13H2. The quantitative estimate of drug-likeness (QED) is 0.526. The zero-order chi connectivity index (χ0) is 18.3. The van der Waals surface area contributed by atoms with Crippen LogP contribution in [-0.4, -0.2) is 29.2 Å². The number of pyridine rings is 1. The molecule has 0 bridgehead atoms. The molecule has 0 aliphatic rings. The van der Waals surface area contributed by atoms with Gasteiger partial charge in [-0.1, -0.05) is 24.3 Å². The number of benzene rings is 1. The second kappa shape index (κ2) is 8.32. The number of hydrogen-bond donors (Lipinski definition) is 0. The number of para-hydroxylation sites is 1. The van der Waals surface area contributed by atoms with Crippen LogP contribution in [0.2, 0.25) is 0 Å². The zero-order valence-electron chi connectivity index (χ0n) is 13.3. The number of aromatic nitrogens is 1. The summed E-state index contributed by atoms with van der Waals surface area (Å²) >= 11 is 0. The number of nitriles is 1. The summed E-state index contributed by atoms with van der Waals surface area (Å²) in [5.41, 5.74) is 0.542. The van der Waals surface area contributed by atoms with Gasteiger partial charge in [0.05, 0.1) is 16.7 Å². The fourth-order valence-corrected chi connectivity index (χ4v) is 3.82. The summed E-state index contributed by atoms with van der Waals surface area (Å²) in [4.78, 5) is 14.4. The van der Waals surface area contributed by atoms with E-state index in [1.54, 1.807) is 30.6 Å². The number of nitro groups is 1. The van der Waals surface area contributed by atoms with Gasteiger partial charge in [0.15, 0.2) is 0 Å². The Bertz CT molecular complexity index is 879. The van der Waals surface area contributed by atoms with Gasteiger partial charge in [-0.3, -0.25) is 15.1 Å². The van der Waals surface area contributed by atoms with Crippen LogP contribution in [0.3, 0.4) is 0 Å². The van der Waals surface area contributed by atoms with Crippen LogP contribution in [0.4, 0.5) is 5.69 Å². The first kappa shape index (κ1) is 18.5. The van der Waals surface area contributed by atoms with Gasteiger partial charge in [-0.2, -0.15) is 9.57 Å². The van der Waals surface area contributed by atoms with Gasteiger partial charge in [-0.25, -0.2) is 8.42 Å². The molecule has 2 aromatic rings. The van der Waals surface area contributed by atoms with Crippen molar-refractivity contribution < 1.29 is 13.3 Å². The molecule has 0 spiro atoms. The number of sulfonamides is 1. The Morgan fingerprint density at radius 1 is 1.24 bits per heavy atom. The van der Waals surface area contributed by atoms with Gasteiger partial charge in [0.1, 0.15) is 0 Å². The second-order valence-corrected chi connectivity index (χ2v) is 7.21. The molecule has 130 valence electrons. The molecular weight excluding hydrogens is 344 g/mol.